The number of hydrogen-bond donors (Lipinski definition) is 2. The van der Waals surface area contributed by atoms with E-state index in [2.05, 4.69) is 11.4 Å². The zero-order chi connectivity index (χ0) is 7.68. The van der Waals surface area contributed by atoms with Gasteiger partial charge in [0.15, 0.2) is 0 Å². The summed E-state index contributed by atoms with van der Waals surface area (Å²) in [6.07, 6.45) is 2.56. The zero-order valence-electron chi connectivity index (χ0n) is 6.34. The molecule has 2 nitrogen and oxygen atoms in total. The minimum absolute atomic E-state index is 0.581. The van der Waals surface area contributed by atoms with E-state index in [0.717, 1.165) is 11.5 Å². The van der Waals surface area contributed by atoms with Crippen LogP contribution in [0.25, 0.3) is 0 Å². The van der Waals surface area contributed by atoms with E-state index in [1.54, 1.807) is 11.3 Å². The van der Waals surface area contributed by atoms with Crippen LogP contribution < -0.4 is 11.1 Å². The summed E-state index contributed by atoms with van der Waals surface area (Å²) in [6, 6.07) is 4.69. The molecule has 1 aliphatic rings. The quantitative estimate of drug-likeness (QED) is 0.670. The van der Waals surface area contributed by atoms with Crippen molar-refractivity contribution in [2.24, 2.45) is 0 Å². The predicted molar refractivity (Wildman–Crippen MR) is 48.7 cm³/mol. The number of rotatable bonds is 1. The summed E-state index contributed by atoms with van der Waals surface area (Å²) in [7, 11) is 0. The van der Waals surface area contributed by atoms with Crippen LogP contribution in [0, 0.1) is 0 Å². The molecule has 1 aromatic heterocycles. The van der Waals surface area contributed by atoms with Gasteiger partial charge in [-0.2, -0.15) is 0 Å². The summed E-state index contributed by atoms with van der Waals surface area (Å²) in [6.45, 7) is 1.16. The van der Waals surface area contributed by atoms with Crippen LogP contribution in [0.5, 0.6) is 0 Å². The summed E-state index contributed by atoms with van der Waals surface area (Å²) in [5.74, 6) is 0. The van der Waals surface area contributed by atoms with Crippen molar-refractivity contribution >= 4 is 16.3 Å². The van der Waals surface area contributed by atoms with Crippen molar-refractivity contribution in [3.05, 3.63) is 17.0 Å². The number of hydrogen-bond acceptors (Lipinski definition) is 3. The molecule has 3 N–H and O–H groups in total. The maximum Gasteiger partial charge on any atom is 0.0859 e. The molecular formula is C8H12N2S. The van der Waals surface area contributed by atoms with Gasteiger partial charge in [0.25, 0.3) is 0 Å². The largest absolute Gasteiger partial charge is 0.391 e. The molecule has 1 atom stereocenters. The number of nitrogens with one attached hydrogen (secondary N) is 1. The Hall–Kier alpha value is -0.540. The Morgan fingerprint density at radius 1 is 1.55 bits per heavy atom. The third-order valence-corrected chi connectivity index (χ3v) is 3.08. The molecule has 0 amide bonds. The number of nitrogen functional groups attached to an aromatic ring is 1. The lowest BCUT2D eigenvalue weighted by molar-refractivity contribution is 0.660. The average Bonchev–Trinajstić information content (AvgIpc) is 2.55. The maximum absolute atomic E-state index is 5.64. The fraction of sp³-hybridized carbons (Fsp3) is 0.500. The Kier molecular flexibility index (Phi) is 1.84. The molecule has 2 rings (SSSR count). The van der Waals surface area contributed by atoms with Crippen molar-refractivity contribution in [2.45, 2.75) is 18.9 Å². The van der Waals surface area contributed by atoms with Gasteiger partial charge in [0.05, 0.1) is 5.00 Å². The van der Waals surface area contributed by atoms with Gasteiger partial charge in [-0.05, 0) is 31.5 Å². The Morgan fingerprint density at radius 3 is 3.00 bits per heavy atom. The van der Waals surface area contributed by atoms with Gasteiger partial charge in [-0.1, -0.05) is 0 Å². The molecule has 2 heterocycles. The van der Waals surface area contributed by atoms with Crippen LogP contribution in [-0.2, 0) is 0 Å². The molecular weight excluding hydrogens is 156 g/mol. The Labute approximate surface area is 70.4 Å². The number of anilines is 1. The molecule has 0 unspecified atom stereocenters. The highest BCUT2D eigenvalue weighted by molar-refractivity contribution is 7.15. The Balaban J connectivity index is 2.15. The summed E-state index contributed by atoms with van der Waals surface area (Å²) in [5.41, 5.74) is 5.64. The third-order valence-electron chi connectivity index (χ3n) is 2.05. The van der Waals surface area contributed by atoms with Crippen LogP contribution in [-0.4, -0.2) is 6.54 Å². The van der Waals surface area contributed by atoms with Crippen molar-refractivity contribution < 1.29 is 0 Å². The van der Waals surface area contributed by atoms with Gasteiger partial charge in [-0.15, -0.1) is 11.3 Å². The predicted octanol–water partition coefficient (Wildman–Crippen LogP) is 1.75. The molecule has 0 spiro atoms. The van der Waals surface area contributed by atoms with Crippen molar-refractivity contribution in [1.82, 2.24) is 5.32 Å². The van der Waals surface area contributed by atoms with E-state index >= 15 is 0 Å². The van der Waals surface area contributed by atoms with Crippen LogP contribution >= 0.6 is 11.3 Å². The lowest BCUT2D eigenvalue weighted by Gasteiger charge is -2.05. The Morgan fingerprint density at radius 2 is 2.45 bits per heavy atom. The van der Waals surface area contributed by atoms with Crippen LogP contribution in [0.2, 0.25) is 0 Å². The maximum atomic E-state index is 5.64. The molecule has 0 aliphatic carbocycles. The summed E-state index contributed by atoms with van der Waals surface area (Å²) in [5, 5.41) is 4.37. The standard InChI is InChI=1S/C8H12N2S/c9-8-4-3-7(11-8)6-2-1-5-10-6/h3-4,6,10H,1-2,5,9H2/t6-/m0/s1. The zero-order valence-corrected chi connectivity index (χ0v) is 7.16. The van der Waals surface area contributed by atoms with Crippen molar-refractivity contribution in [3.8, 4) is 0 Å². The third kappa shape index (κ3) is 1.39. The molecule has 11 heavy (non-hydrogen) atoms. The van der Waals surface area contributed by atoms with Crippen LogP contribution in [0.15, 0.2) is 12.1 Å². The van der Waals surface area contributed by atoms with E-state index in [4.69, 9.17) is 5.73 Å². The molecule has 3 heteroatoms. The van der Waals surface area contributed by atoms with Crippen molar-refractivity contribution in [2.75, 3.05) is 12.3 Å². The average molecular weight is 168 g/mol. The molecule has 0 saturated carbocycles. The number of thiophene rings is 1. The van der Waals surface area contributed by atoms with E-state index in [-0.39, 0.29) is 0 Å². The monoisotopic (exact) mass is 168 g/mol. The first kappa shape index (κ1) is 7.13. The minimum atomic E-state index is 0.581. The lowest BCUT2D eigenvalue weighted by Crippen LogP contribution is -2.11. The van der Waals surface area contributed by atoms with Crippen LogP contribution in [0.4, 0.5) is 5.00 Å². The molecule has 0 bridgehead atoms. The van der Waals surface area contributed by atoms with E-state index in [1.807, 2.05) is 6.07 Å². The fourth-order valence-electron chi connectivity index (χ4n) is 1.48. The second-order valence-corrected chi connectivity index (χ2v) is 4.04. The minimum Gasteiger partial charge on any atom is -0.391 e. The van der Waals surface area contributed by atoms with Gasteiger partial charge in [0, 0.05) is 10.9 Å². The van der Waals surface area contributed by atoms with Gasteiger partial charge in [-0.25, -0.2) is 0 Å². The van der Waals surface area contributed by atoms with E-state index in [1.165, 1.54) is 17.7 Å². The second kappa shape index (κ2) is 2.83. The van der Waals surface area contributed by atoms with Crippen molar-refractivity contribution in [3.63, 3.8) is 0 Å². The van der Waals surface area contributed by atoms with Crippen LogP contribution in [0.1, 0.15) is 23.8 Å². The highest BCUT2D eigenvalue weighted by Gasteiger charge is 2.16. The van der Waals surface area contributed by atoms with Gasteiger partial charge >= 0.3 is 0 Å². The highest BCUT2D eigenvalue weighted by atomic mass is 32.1. The van der Waals surface area contributed by atoms with Gasteiger partial charge in [0.2, 0.25) is 0 Å². The topological polar surface area (TPSA) is 38.0 Å². The first-order chi connectivity index (χ1) is 5.36. The fourth-order valence-corrected chi connectivity index (χ4v) is 2.37. The normalized spacial score (nSPS) is 24.2. The molecule has 1 saturated heterocycles. The van der Waals surface area contributed by atoms with E-state index < -0.39 is 0 Å². The smallest absolute Gasteiger partial charge is 0.0859 e. The summed E-state index contributed by atoms with van der Waals surface area (Å²) < 4.78 is 0. The van der Waals surface area contributed by atoms with Gasteiger partial charge in [0.1, 0.15) is 0 Å². The number of nitrogens with two attached hydrogens (primary N) is 1. The molecule has 1 aromatic rings. The molecule has 1 aliphatic heterocycles. The van der Waals surface area contributed by atoms with Crippen LogP contribution in [0.3, 0.4) is 0 Å². The van der Waals surface area contributed by atoms with Crippen molar-refractivity contribution in [1.29, 1.82) is 0 Å². The Bertz CT molecular complexity index is 238. The van der Waals surface area contributed by atoms with E-state index in [0.29, 0.717) is 6.04 Å². The highest BCUT2D eigenvalue weighted by Crippen LogP contribution is 2.29. The van der Waals surface area contributed by atoms with E-state index in [9.17, 15) is 0 Å². The van der Waals surface area contributed by atoms with Gasteiger partial charge in [-0.3, -0.25) is 0 Å². The molecule has 0 aromatic carbocycles. The molecule has 1 fully saturated rings. The second-order valence-electron chi connectivity index (χ2n) is 2.89. The summed E-state index contributed by atoms with van der Waals surface area (Å²) in [4.78, 5) is 1.39. The molecule has 0 radical (unpaired) electrons. The lowest BCUT2D eigenvalue weighted by atomic mass is 10.2. The summed E-state index contributed by atoms with van der Waals surface area (Å²) >= 11 is 1.70. The first-order valence-electron chi connectivity index (χ1n) is 3.95. The SMILES string of the molecule is Nc1ccc([C@@H]2CCCN2)s1. The first-order valence-corrected chi connectivity index (χ1v) is 4.76. The molecule has 60 valence electrons. The van der Waals surface area contributed by atoms with Gasteiger partial charge < -0.3 is 11.1 Å².